The molecule has 0 unspecified atom stereocenters. The highest BCUT2D eigenvalue weighted by Crippen LogP contribution is 2.25. The first-order valence-electron chi connectivity index (χ1n) is 8.25. The highest BCUT2D eigenvalue weighted by Gasteiger charge is 2.28. The fraction of sp³-hybridized carbons (Fsp3) is 0.167. The van der Waals surface area contributed by atoms with Crippen LogP contribution in [0.5, 0.6) is 5.75 Å². The van der Waals surface area contributed by atoms with Crippen LogP contribution in [0.3, 0.4) is 0 Å². The van der Waals surface area contributed by atoms with Crippen molar-refractivity contribution in [2.45, 2.75) is 11.8 Å². The molecule has 1 aromatic heterocycles. The molecule has 0 bridgehead atoms. The first kappa shape index (κ1) is 18.7. The summed E-state index contributed by atoms with van der Waals surface area (Å²) in [6, 6.07) is 9.67. The molecule has 0 fully saturated rings. The van der Waals surface area contributed by atoms with Gasteiger partial charge >= 0.3 is 0 Å². The molecular formula is C18H13ClF2N4O2S. The minimum atomic E-state index is -0.820. The summed E-state index contributed by atoms with van der Waals surface area (Å²) in [4.78, 5) is 13.0. The van der Waals surface area contributed by atoms with E-state index in [2.05, 4.69) is 10.2 Å². The molecule has 0 aliphatic carbocycles. The number of carbonyl (C=O) groups excluding carboxylic acids is 1. The molecule has 2 heterocycles. The molecule has 6 nitrogen and oxygen atoms in total. The van der Waals surface area contributed by atoms with Crippen LogP contribution in [0.4, 0.5) is 8.78 Å². The van der Waals surface area contributed by atoms with Crippen LogP contribution in [-0.2, 0) is 6.61 Å². The van der Waals surface area contributed by atoms with Gasteiger partial charge in [-0.25, -0.2) is 18.5 Å². The largest absolute Gasteiger partial charge is 0.482 e. The van der Waals surface area contributed by atoms with Crippen LogP contribution in [-0.4, -0.2) is 33.1 Å². The van der Waals surface area contributed by atoms with Crippen molar-refractivity contribution in [3.8, 4) is 5.75 Å². The van der Waals surface area contributed by atoms with E-state index in [1.54, 1.807) is 28.9 Å². The van der Waals surface area contributed by atoms with Gasteiger partial charge in [0.1, 0.15) is 12.4 Å². The molecule has 10 heteroatoms. The highest BCUT2D eigenvalue weighted by atomic mass is 35.5. The maximum atomic E-state index is 13.8. The van der Waals surface area contributed by atoms with Crippen molar-refractivity contribution < 1.29 is 18.3 Å². The summed E-state index contributed by atoms with van der Waals surface area (Å²) in [5, 5.41) is 10.6. The fourth-order valence-electron chi connectivity index (χ4n) is 2.74. The van der Waals surface area contributed by atoms with E-state index in [0.29, 0.717) is 33.9 Å². The van der Waals surface area contributed by atoms with E-state index in [4.69, 9.17) is 16.3 Å². The Hall–Kier alpha value is -2.65. The van der Waals surface area contributed by atoms with Crippen LogP contribution in [0.2, 0.25) is 5.02 Å². The van der Waals surface area contributed by atoms with Gasteiger partial charge in [0.15, 0.2) is 17.4 Å². The van der Waals surface area contributed by atoms with Crippen molar-refractivity contribution in [1.29, 1.82) is 0 Å². The number of benzene rings is 2. The second-order valence-electron chi connectivity index (χ2n) is 5.86. The SMILES string of the molecule is O=C(c1cccc(Cl)c1)N1CCSc2nnc(COc3ccc(F)cc3F)n21. The van der Waals surface area contributed by atoms with Gasteiger partial charge in [0, 0.05) is 22.4 Å². The third-order valence-corrected chi connectivity index (χ3v) is 5.14. The molecule has 0 saturated carbocycles. The molecule has 3 aromatic rings. The number of thioether (sulfide) groups is 1. The first-order chi connectivity index (χ1) is 13.5. The van der Waals surface area contributed by atoms with Gasteiger partial charge in [-0.1, -0.05) is 29.4 Å². The first-order valence-corrected chi connectivity index (χ1v) is 9.62. The van der Waals surface area contributed by atoms with Gasteiger partial charge in [-0.15, -0.1) is 10.2 Å². The molecule has 2 aromatic carbocycles. The fourth-order valence-corrected chi connectivity index (χ4v) is 3.80. The van der Waals surface area contributed by atoms with Crippen LogP contribution in [0.15, 0.2) is 47.6 Å². The molecule has 1 aliphatic heterocycles. The Labute approximate surface area is 168 Å². The van der Waals surface area contributed by atoms with E-state index in [-0.39, 0.29) is 18.3 Å². The van der Waals surface area contributed by atoms with E-state index in [0.717, 1.165) is 12.1 Å². The van der Waals surface area contributed by atoms with E-state index >= 15 is 0 Å². The van der Waals surface area contributed by atoms with Gasteiger partial charge in [-0.2, -0.15) is 0 Å². The van der Waals surface area contributed by atoms with Gasteiger partial charge < -0.3 is 4.74 Å². The standard InChI is InChI=1S/C18H13ClF2N4O2S/c19-12-3-1-2-11(8-12)17(26)24-6-7-28-18-23-22-16(25(18)24)10-27-15-5-4-13(20)9-14(15)21/h1-5,8-9H,6-7,10H2. The Morgan fingerprint density at radius 1 is 1.21 bits per heavy atom. The smallest absolute Gasteiger partial charge is 0.272 e. The van der Waals surface area contributed by atoms with Crippen LogP contribution in [0.1, 0.15) is 16.2 Å². The number of nitrogens with zero attached hydrogens (tertiary/aromatic N) is 4. The van der Waals surface area contributed by atoms with Crippen LogP contribution < -0.4 is 9.75 Å². The number of ether oxygens (including phenoxy) is 1. The zero-order valence-electron chi connectivity index (χ0n) is 14.3. The van der Waals surface area contributed by atoms with Gasteiger partial charge in [0.05, 0.1) is 6.54 Å². The van der Waals surface area contributed by atoms with Gasteiger partial charge in [-0.05, 0) is 30.3 Å². The minimum absolute atomic E-state index is 0.116. The molecule has 0 N–H and O–H groups in total. The van der Waals surface area contributed by atoms with E-state index < -0.39 is 11.6 Å². The number of rotatable bonds is 4. The third kappa shape index (κ3) is 3.67. The molecule has 144 valence electrons. The molecule has 1 aliphatic rings. The summed E-state index contributed by atoms with van der Waals surface area (Å²) in [7, 11) is 0. The Kier molecular flexibility index (Phi) is 5.19. The lowest BCUT2D eigenvalue weighted by atomic mass is 10.2. The average molecular weight is 423 g/mol. The molecule has 0 atom stereocenters. The van der Waals surface area contributed by atoms with E-state index in [9.17, 15) is 13.6 Å². The second kappa shape index (κ2) is 7.76. The highest BCUT2D eigenvalue weighted by molar-refractivity contribution is 7.99. The number of fused-ring (bicyclic) bond motifs is 1. The summed E-state index contributed by atoms with van der Waals surface area (Å²) < 4.78 is 33.8. The van der Waals surface area contributed by atoms with Crippen molar-refractivity contribution in [1.82, 2.24) is 14.9 Å². The molecule has 4 rings (SSSR count). The second-order valence-corrected chi connectivity index (χ2v) is 7.36. The molecule has 28 heavy (non-hydrogen) atoms. The van der Waals surface area contributed by atoms with E-state index in [1.807, 2.05) is 0 Å². The lowest BCUT2D eigenvalue weighted by Crippen LogP contribution is -2.45. The van der Waals surface area contributed by atoms with E-state index in [1.165, 1.54) is 22.8 Å². The molecule has 0 radical (unpaired) electrons. The van der Waals surface area contributed by atoms with Crippen LogP contribution >= 0.6 is 23.4 Å². The number of hydrogen-bond donors (Lipinski definition) is 0. The number of hydrogen-bond acceptors (Lipinski definition) is 5. The number of halogens is 3. The number of amides is 1. The van der Waals surface area contributed by atoms with Crippen LogP contribution in [0.25, 0.3) is 0 Å². The number of carbonyl (C=O) groups is 1. The zero-order chi connectivity index (χ0) is 19.7. The summed E-state index contributed by atoms with van der Waals surface area (Å²) in [5.41, 5.74) is 0.426. The van der Waals surface area contributed by atoms with Crippen molar-refractivity contribution in [3.63, 3.8) is 0 Å². The van der Waals surface area contributed by atoms with Gasteiger partial charge in [0.25, 0.3) is 5.91 Å². The Balaban J connectivity index is 1.60. The summed E-state index contributed by atoms with van der Waals surface area (Å²) in [5.74, 6) is -0.925. The lowest BCUT2D eigenvalue weighted by Gasteiger charge is -2.29. The molecular weight excluding hydrogens is 410 g/mol. The van der Waals surface area contributed by atoms with Gasteiger partial charge in [-0.3, -0.25) is 4.79 Å². The molecule has 0 saturated heterocycles. The maximum Gasteiger partial charge on any atom is 0.272 e. The van der Waals surface area contributed by atoms with Gasteiger partial charge in [0.2, 0.25) is 5.16 Å². The maximum absolute atomic E-state index is 13.8. The minimum Gasteiger partial charge on any atom is -0.482 e. The number of aromatic nitrogens is 3. The summed E-state index contributed by atoms with van der Waals surface area (Å²) in [6.07, 6.45) is 0. The van der Waals surface area contributed by atoms with Crippen molar-refractivity contribution in [3.05, 3.63) is 70.5 Å². The predicted molar refractivity (Wildman–Crippen MR) is 100 cm³/mol. The lowest BCUT2D eigenvalue weighted by molar-refractivity contribution is 0.0952. The van der Waals surface area contributed by atoms with Crippen molar-refractivity contribution in [2.24, 2.45) is 0 Å². The Morgan fingerprint density at radius 2 is 2.07 bits per heavy atom. The normalized spacial score (nSPS) is 13.3. The third-order valence-electron chi connectivity index (χ3n) is 4.01. The van der Waals surface area contributed by atoms with Crippen molar-refractivity contribution in [2.75, 3.05) is 17.3 Å². The topological polar surface area (TPSA) is 60.3 Å². The van der Waals surface area contributed by atoms with Crippen molar-refractivity contribution >= 4 is 29.3 Å². The quantitative estimate of drug-likeness (QED) is 0.642. The Bertz CT molecular complexity index is 1050. The molecule has 1 amide bonds. The monoisotopic (exact) mass is 422 g/mol. The summed E-state index contributed by atoms with van der Waals surface area (Å²) >= 11 is 7.44. The summed E-state index contributed by atoms with van der Waals surface area (Å²) in [6.45, 7) is 0.286. The average Bonchev–Trinajstić information content (AvgIpc) is 3.10. The Morgan fingerprint density at radius 3 is 2.86 bits per heavy atom. The van der Waals surface area contributed by atoms with Crippen LogP contribution in [0, 0.1) is 11.6 Å². The zero-order valence-corrected chi connectivity index (χ0v) is 15.9. The molecule has 0 spiro atoms. The predicted octanol–water partition coefficient (Wildman–Crippen LogP) is 3.67.